The molecule has 4 nitrogen and oxygen atoms in total. The summed E-state index contributed by atoms with van der Waals surface area (Å²) < 4.78 is 26.3. The largest absolute Gasteiger partial charge is 0.313 e. The van der Waals surface area contributed by atoms with E-state index in [1.54, 1.807) is 18.4 Å². The first-order valence-electron chi connectivity index (χ1n) is 4.32. The average molecular weight is 246 g/mol. The van der Waals surface area contributed by atoms with Crippen molar-refractivity contribution in [1.82, 2.24) is 4.31 Å². The van der Waals surface area contributed by atoms with E-state index in [2.05, 4.69) is 0 Å². The molecule has 84 valence electrons. The van der Waals surface area contributed by atoms with E-state index in [0.717, 1.165) is 11.9 Å². The molecule has 0 aromatic heterocycles. The van der Waals surface area contributed by atoms with Crippen LogP contribution in [-0.2, 0) is 10.2 Å². The van der Waals surface area contributed by atoms with Crippen molar-refractivity contribution in [1.29, 1.82) is 0 Å². The quantitative estimate of drug-likeness (QED) is 0.757. The molecule has 0 bridgehead atoms. The molecule has 0 heterocycles. The second-order valence-electron chi connectivity index (χ2n) is 3.04. The molecule has 15 heavy (non-hydrogen) atoms. The second-order valence-corrected chi connectivity index (χ2v) is 5.99. The van der Waals surface area contributed by atoms with E-state index in [4.69, 9.17) is 0 Å². The summed E-state index contributed by atoms with van der Waals surface area (Å²) in [6, 6.07) is 8.99. The molecule has 0 N–H and O–H groups in total. The molecular formula is C9H14N2O2S2. The zero-order valence-corrected chi connectivity index (χ0v) is 10.5. The molecule has 6 heteroatoms. The summed E-state index contributed by atoms with van der Waals surface area (Å²) in [7, 11) is -0.382. The Morgan fingerprint density at radius 3 is 2.07 bits per heavy atom. The Kier molecular flexibility index (Phi) is 4.01. The van der Waals surface area contributed by atoms with Crippen LogP contribution in [0.3, 0.4) is 0 Å². The van der Waals surface area contributed by atoms with E-state index in [0.29, 0.717) is 5.69 Å². The summed E-state index contributed by atoms with van der Waals surface area (Å²) in [6.07, 6.45) is 1.73. The van der Waals surface area contributed by atoms with Gasteiger partial charge in [-0.05, 0) is 24.1 Å². The lowest BCUT2D eigenvalue weighted by molar-refractivity contribution is 0.523. The van der Waals surface area contributed by atoms with Crippen molar-refractivity contribution in [3.63, 3.8) is 0 Å². The molecule has 0 aliphatic heterocycles. The maximum atomic E-state index is 11.9. The first kappa shape index (κ1) is 12.4. The predicted octanol–water partition coefficient (Wildman–Crippen LogP) is 1.58. The van der Waals surface area contributed by atoms with Gasteiger partial charge >= 0.3 is 10.2 Å². The molecule has 1 aromatic rings. The molecular weight excluding hydrogens is 232 g/mol. The zero-order chi connectivity index (χ0) is 11.5. The standard InChI is InChI=1S/C9H14N2O2S2/c1-10(2)15(12,13)11(14-3)9-7-5-4-6-8-9/h4-8H,1-3H3. The minimum atomic E-state index is -3.41. The van der Waals surface area contributed by atoms with Crippen LogP contribution in [0.25, 0.3) is 0 Å². The van der Waals surface area contributed by atoms with E-state index in [-0.39, 0.29) is 0 Å². The first-order valence-corrected chi connectivity index (χ1v) is 6.90. The highest BCUT2D eigenvalue weighted by Crippen LogP contribution is 2.25. The van der Waals surface area contributed by atoms with Crippen molar-refractivity contribution < 1.29 is 8.42 Å². The predicted molar refractivity (Wildman–Crippen MR) is 65.0 cm³/mol. The molecule has 0 radical (unpaired) electrons. The van der Waals surface area contributed by atoms with Crippen LogP contribution < -0.4 is 3.71 Å². The highest BCUT2D eigenvalue weighted by Gasteiger charge is 2.23. The summed E-state index contributed by atoms with van der Waals surface area (Å²) in [6.45, 7) is 0. The molecule has 0 saturated carbocycles. The third-order valence-corrected chi connectivity index (χ3v) is 4.91. The topological polar surface area (TPSA) is 40.6 Å². The van der Waals surface area contributed by atoms with Crippen LogP contribution >= 0.6 is 11.9 Å². The van der Waals surface area contributed by atoms with E-state index < -0.39 is 10.2 Å². The van der Waals surface area contributed by atoms with E-state index >= 15 is 0 Å². The second kappa shape index (κ2) is 4.87. The van der Waals surface area contributed by atoms with Crippen LogP contribution in [0.2, 0.25) is 0 Å². The molecule has 0 fully saturated rings. The van der Waals surface area contributed by atoms with E-state index in [1.165, 1.54) is 22.1 Å². The molecule has 1 aromatic carbocycles. The third-order valence-electron chi connectivity index (χ3n) is 1.80. The number of rotatable bonds is 4. The average Bonchev–Trinajstić information content (AvgIpc) is 2.19. The fraction of sp³-hybridized carbons (Fsp3) is 0.333. The summed E-state index contributed by atoms with van der Waals surface area (Å²) in [5, 5.41) is 0. The number of para-hydroxylation sites is 1. The van der Waals surface area contributed by atoms with Gasteiger partial charge in [-0.1, -0.05) is 18.2 Å². The number of benzene rings is 1. The molecule has 1 rings (SSSR count). The number of hydrogen-bond donors (Lipinski definition) is 0. The maximum Gasteiger partial charge on any atom is 0.313 e. The molecule has 0 spiro atoms. The maximum absolute atomic E-state index is 11.9. The fourth-order valence-electron chi connectivity index (χ4n) is 1.03. The lowest BCUT2D eigenvalue weighted by Gasteiger charge is -2.24. The van der Waals surface area contributed by atoms with Gasteiger partial charge in [0.05, 0.1) is 5.69 Å². The minimum Gasteiger partial charge on any atom is -0.199 e. The van der Waals surface area contributed by atoms with Gasteiger partial charge in [-0.3, -0.25) is 0 Å². The number of anilines is 1. The Morgan fingerprint density at radius 1 is 1.13 bits per heavy atom. The van der Waals surface area contributed by atoms with E-state index in [1.807, 2.05) is 18.2 Å². The Morgan fingerprint density at radius 2 is 1.67 bits per heavy atom. The molecule has 0 atom stereocenters. The van der Waals surface area contributed by atoms with Gasteiger partial charge in [-0.25, -0.2) is 0 Å². The zero-order valence-electron chi connectivity index (χ0n) is 8.91. The van der Waals surface area contributed by atoms with Crippen molar-refractivity contribution in [2.45, 2.75) is 0 Å². The first-order chi connectivity index (χ1) is 7.00. The van der Waals surface area contributed by atoms with Gasteiger partial charge in [0.15, 0.2) is 0 Å². The summed E-state index contributed by atoms with van der Waals surface area (Å²) in [5.74, 6) is 0. The fourth-order valence-corrected chi connectivity index (χ4v) is 3.20. The van der Waals surface area contributed by atoms with Crippen LogP contribution in [0.4, 0.5) is 5.69 Å². The van der Waals surface area contributed by atoms with Crippen LogP contribution in [0.15, 0.2) is 30.3 Å². The summed E-state index contributed by atoms with van der Waals surface area (Å²) >= 11 is 1.16. The van der Waals surface area contributed by atoms with Crippen LogP contribution in [0, 0.1) is 0 Å². The lowest BCUT2D eigenvalue weighted by Crippen LogP contribution is -2.35. The molecule has 0 unspecified atom stereocenters. The van der Waals surface area contributed by atoms with Crippen molar-refractivity contribution >= 4 is 27.8 Å². The van der Waals surface area contributed by atoms with Crippen LogP contribution in [-0.4, -0.2) is 33.1 Å². The lowest BCUT2D eigenvalue weighted by atomic mass is 10.3. The van der Waals surface area contributed by atoms with E-state index in [9.17, 15) is 8.42 Å². The normalized spacial score (nSPS) is 11.7. The summed E-state index contributed by atoms with van der Waals surface area (Å²) in [4.78, 5) is 0. The van der Waals surface area contributed by atoms with Gasteiger partial charge < -0.3 is 0 Å². The van der Waals surface area contributed by atoms with Gasteiger partial charge in [0.2, 0.25) is 0 Å². The van der Waals surface area contributed by atoms with Gasteiger partial charge in [0, 0.05) is 20.4 Å². The third kappa shape index (κ3) is 2.64. The number of hydrogen-bond acceptors (Lipinski definition) is 3. The van der Waals surface area contributed by atoms with Gasteiger partial charge in [0.1, 0.15) is 0 Å². The van der Waals surface area contributed by atoms with Gasteiger partial charge in [-0.2, -0.15) is 16.4 Å². The Labute approximate surface area is 95.2 Å². The monoisotopic (exact) mass is 246 g/mol. The van der Waals surface area contributed by atoms with Crippen molar-refractivity contribution in [3.05, 3.63) is 30.3 Å². The Bertz CT molecular complexity index is 403. The van der Waals surface area contributed by atoms with Crippen molar-refractivity contribution in [2.24, 2.45) is 0 Å². The highest BCUT2D eigenvalue weighted by atomic mass is 32.3. The van der Waals surface area contributed by atoms with Crippen LogP contribution in [0.5, 0.6) is 0 Å². The van der Waals surface area contributed by atoms with Crippen molar-refractivity contribution in [2.75, 3.05) is 24.1 Å². The number of nitrogens with zero attached hydrogens (tertiary/aromatic N) is 2. The molecule has 0 amide bonds. The highest BCUT2D eigenvalue weighted by molar-refractivity contribution is 8.13. The van der Waals surface area contributed by atoms with Gasteiger partial charge in [-0.15, -0.1) is 0 Å². The SMILES string of the molecule is CSN(c1ccccc1)S(=O)(=O)N(C)C. The molecule has 0 saturated heterocycles. The van der Waals surface area contributed by atoms with Crippen LogP contribution in [0.1, 0.15) is 0 Å². The van der Waals surface area contributed by atoms with Crippen molar-refractivity contribution in [3.8, 4) is 0 Å². The Hall–Kier alpha value is -0.720. The minimum absolute atomic E-state index is 0.652. The van der Waals surface area contributed by atoms with Gasteiger partial charge in [0.25, 0.3) is 0 Å². The molecule has 0 aliphatic rings. The molecule has 0 aliphatic carbocycles. The smallest absolute Gasteiger partial charge is 0.199 e. The summed E-state index contributed by atoms with van der Waals surface area (Å²) in [5.41, 5.74) is 0.652. The Balaban J connectivity index is 3.11.